The summed E-state index contributed by atoms with van der Waals surface area (Å²) in [6.07, 6.45) is 1.79. The monoisotopic (exact) mass is 325 g/mol. The van der Waals surface area contributed by atoms with E-state index in [1.165, 1.54) is 11.3 Å². The Morgan fingerprint density at radius 1 is 1.22 bits per heavy atom. The molecule has 1 aromatic carbocycles. The van der Waals surface area contributed by atoms with Gasteiger partial charge in [0.1, 0.15) is 5.01 Å². The quantitative estimate of drug-likeness (QED) is 0.781. The van der Waals surface area contributed by atoms with Gasteiger partial charge in [-0.25, -0.2) is 9.97 Å². The van der Waals surface area contributed by atoms with Gasteiger partial charge < -0.3 is 10.1 Å². The Balaban J connectivity index is 1.63. The highest BCUT2D eigenvalue weighted by Gasteiger charge is 2.09. The molecule has 0 radical (unpaired) electrons. The highest BCUT2D eigenvalue weighted by atomic mass is 32.1. The molecule has 1 amide bonds. The number of rotatable bonds is 5. The van der Waals surface area contributed by atoms with E-state index < -0.39 is 0 Å². The van der Waals surface area contributed by atoms with Crippen molar-refractivity contribution in [3.05, 3.63) is 59.7 Å². The molecule has 0 aliphatic heterocycles. The highest BCUT2D eigenvalue weighted by molar-refractivity contribution is 7.13. The number of amides is 1. The number of hydrogen-bond acceptors (Lipinski definition) is 5. The van der Waals surface area contributed by atoms with Gasteiger partial charge in [-0.3, -0.25) is 4.79 Å². The number of aromatic nitrogens is 2. The lowest BCUT2D eigenvalue weighted by molar-refractivity contribution is -0.115. The molecule has 2 heterocycles. The number of hydrogen-bond donors (Lipinski definition) is 1. The van der Waals surface area contributed by atoms with E-state index in [2.05, 4.69) is 15.3 Å². The maximum atomic E-state index is 12.1. The Labute approximate surface area is 138 Å². The van der Waals surface area contributed by atoms with E-state index in [-0.39, 0.29) is 12.3 Å². The zero-order valence-electron chi connectivity index (χ0n) is 12.5. The van der Waals surface area contributed by atoms with E-state index in [9.17, 15) is 4.79 Å². The molecule has 116 valence electrons. The minimum atomic E-state index is -0.123. The van der Waals surface area contributed by atoms with Crippen molar-refractivity contribution in [2.45, 2.75) is 6.42 Å². The fourth-order valence-corrected chi connectivity index (χ4v) is 2.87. The highest BCUT2D eigenvalue weighted by Crippen LogP contribution is 2.23. The van der Waals surface area contributed by atoms with Crippen LogP contribution >= 0.6 is 11.3 Å². The second-order valence-corrected chi connectivity index (χ2v) is 5.68. The van der Waals surface area contributed by atoms with Crippen LogP contribution in [0.5, 0.6) is 5.88 Å². The fraction of sp³-hybridized carbons (Fsp3) is 0.118. The number of nitrogens with zero attached hydrogens (tertiary/aromatic N) is 2. The lowest BCUT2D eigenvalue weighted by Crippen LogP contribution is -2.14. The molecule has 2 aromatic heterocycles. The zero-order chi connectivity index (χ0) is 16.1. The van der Waals surface area contributed by atoms with E-state index in [0.29, 0.717) is 11.6 Å². The molecule has 6 heteroatoms. The summed E-state index contributed by atoms with van der Waals surface area (Å²) in [7, 11) is 1.55. The Morgan fingerprint density at radius 3 is 2.74 bits per heavy atom. The van der Waals surface area contributed by atoms with E-state index in [1.54, 1.807) is 25.4 Å². The molecule has 0 atom stereocenters. The molecule has 0 unspecified atom stereocenters. The maximum Gasteiger partial charge on any atom is 0.230 e. The normalized spacial score (nSPS) is 10.3. The Hall–Kier alpha value is -2.73. The number of carbonyl (C=O) groups excluding carboxylic acids is 1. The number of thiazole rings is 1. The minimum absolute atomic E-state index is 0.123. The lowest BCUT2D eigenvalue weighted by Gasteiger charge is -2.04. The largest absolute Gasteiger partial charge is 0.481 e. The number of pyridine rings is 1. The van der Waals surface area contributed by atoms with Crippen molar-refractivity contribution < 1.29 is 9.53 Å². The van der Waals surface area contributed by atoms with Crippen LogP contribution in [0.15, 0.2) is 54.0 Å². The molecule has 0 aliphatic rings. The third kappa shape index (κ3) is 3.92. The average Bonchev–Trinajstić information content (AvgIpc) is 3.04. The molecule has 5 nitrogen and oxygen atoms in total. The van der Waals surface area contributed by atoms with Crippen molar-refractivity contribution in [1.82, 2.24) is 9.97 Å². The van der Waals surface area contributed by atoms with Crippen LogP contribution in [0.1, 0.15) is 5.69 Å². The molecular formula is C17H15N3O2S. The van der Waals surface area contributed by atoms with Crippen LogP contribution in [0.2, 0.25) is 0 Å². The van der Waals surface area contributed by atoms with E-state index >= 15 is 0 Å². The summed E-state index contributed by atoms with van der Waals surface area (Å²) >= 11 is 1.54. The van der Waals surface area contributed by atoms with Crippen molar-refractivity contribution in [3.8, 4) is 16.5 Å². The van der Waals surface area contributed by atoms with Crippen molar-refractivity contribution in [2.75, 3.05) is 12.4 Å². The first kappa shape index (κ1) is 15.2. The number of carbonyl (C=O) groups is 1. The van der Waals surface area contributed by atoms with Crippen LogP contribution in [0, 0.1) is 0 Å². The summed E-state index contributed by atoms with van der Waals surface area (Å²) < 4.78 is 4.98. The zero-order valence-corrected chi connectivity index (χ0v) is 13.3. The third-order valence-corrected chi connectivity index (χ3v) is 4.08. The second-order valence-electron chi connectivity index (χ2n) is 4.82. The van der Waals surface area contributed by atoms with Gasteiger partial charge in [0.2, 0.25) is 11.8 Å². The summed E-state index contributed by atoms with van der Waals surface area (Å²) in [4.78, 5) is 20.6. The first-order valence-corrected chi connectivity index (χ1v) is 7.92. The first-order valence-electron chi connectivity index (χ1n) is 7.04. The molecule has 0 saturated carbocycles. The van der Waals surface area contributed by atoms with Crippen molar-refractivity contribution in [1.29, 1.82) is 0 Å². The van der Waals surface area contributed by atoms with Gasteiger partial charge in [0.05, 0.1) is 31.1 Å². The minimum Gasteiger partial charge on any atom is -0.481 e. The van der Waals surface area contributed by atoms with Crippen LogP contribution in [-0.2, 0) is 11.2 Å². The standard InChI is InChI=1S/C17H15N3O2S/c1-22-16-8-7-13(10-18-16)19-15(21)9-14-11-23-17(20-14)12-5-3-2-4-6-12/h2-8,10-11H,9H2,1H3,(H,19,21). The number of benzene rings is 1. The van der Waals surface area contributed by atoms with E-state index in [0.717, 1.165) is 16.3 Å². The van der Waals surface area contributed by atoms with Crippen LogP contribution in [0.3, 0.4) is 0 Å². The molecule has 0 fully saturated rings. The molecule has 1 N–H and O–H groups in total. The van der Waals surface area contributed by atoms with Crippen molar-refractivity contribution in [3.63, 3.8) is 0 Å². The van der Waals surface area contributed by atoms with Crippen LogP contribution in [0.25, 0.3) is 10.6 Å². The Kier molecular flexibility index (Phi) is 4.63. The van der Waals surface area contributed by atoms with Crippen LogP contribution in [0.4, 0.5) is 5.69 Å². The predicted octanol–water partition coefficient (Wildman–Crippen LogP) is 3.39. The average molecular weight is 325 g/mol. The van der Waals surface area contributed by atoms with Gasteiger partial charge in [-0.2, -0.15) is 0 Å². The van der Waals surface area contributed by atoms with E-state index in [1.807, 2.05) is 35.7 Å². The molecular weight excluding hydrogens is 310 g/mol. The van der Waals surface area contributed by atoms with Crippen molar-refractivity contribution >= 4 is 22.9 Å². The Morgan fingerprint density at radius 2 is 2.04 bits per heavy atom. The number of ether oxygens (including phenoxy) is 1. The molecule has 0 spiro atoms. The number of methoxy groups -OCH3 is 1. The summed E-state index contributed by atoms with van der Waals surface area (Å²) in [6.45, 7) is 0. The smallest absolute Gasteiger partial charge is 0.230 e. The van der Waals surface area contributed by atoms with Crippen LogP contribution < -0.4 is 10.1 Å². The molecule has 0 bridgehead atoms. The van der Waals surface area contributed by atoms with Gasteiger partial charge in [0, 0.05) is 17.0 Å². The second kappa shape index (κ2) is 7.02. The molecule has 3 rings (SSSR count). The SMILES string of the molecule is COc1ccc(NC(=O)Cc2csc(-c3ccccc3)n2)cn1. The van der Waals surface area contributed by atoms with Crippen LogP contribution in [-0.4, -0.2) is 23.0 Å². The number of nitrogens with one attached hydrogen (secondary N) is 1. The van der Waals surface area contributed by atoms with Gasteiger partial charge in [0.25, 0.3) is 0 Å². The van der Waals surface area contributed by atoms with Crippen molar-refractivity contribution in [2.24, 2.45) is 0 Å². The Bertz CT molecular complexity index is 785. The summed E-state index contributed by atoms with van der Waals surface area (Å²) in [5.41, 5.74) is 2.45. The van der Waals surface area contributed by atoms with Gasteiger partial charge in [-0.1, -0.05) is 30.3 Å². The van der Waals surface area contributed by atoms with Gasteiger partial charge in [0.15, 0.2) is 0 Å². The fourth-order valence-electron chi connectivity index (χ4n) is 2.05. The topological polar surface area (TPSA) is 64.1 Å². The summed E-state index contributed by atoms with van der Waals surface area (Å²) in [6, 6.07) is 13.4. The van der Waals surface area contributed by atoms with Gasteiger partial charge in [-0.05, 0) is 6.07 Å². The van der Waals surface area contributed by atoms with Gasteiger partial charge in [-0.15, -0.1) is 11.3 Å². The summed E-state index contributed by atoms with van der Waals surface area (Å²) in [5, 5.41) is 5.63. The van der Waals surface area contributed by atoms with E-state index in [4.69, 9.17) is 4.74 Å². The summed E-state index contributed by atoms with van der Waals surface area (Å²) in [5.74, 6) is 0.386. The predicted molar refractivity (Wildman–Crippen MR) is 90.7 cm³/mol. The third-order valence-electron chi connectivity index (χ3n) is 3.14. The first-order chi connectivity index (χ1) is 11.2. The van der Waals surface area contributed by atoms with Gasteiger partial charge >= 0.3 is 0 Å². The molecule has 0 saturated heterocycles. The molecule has 0 aliphatic carbocycles. The molecule has 23 heavy (non-hydrogen) atoms. The molecule has 3 aromatic rings. The number of anilines is 1. The lowest BCUT2D eigenvalue weighted by atomic mass is 10.2. The maximum absolute atomic E-state index is 12.1.